The number of hydrogen-bond donors (Lipinski definition) is 0. The summed E-state index contributed by atoms with van der Waals surface area (Å²) in [6.07, 6.45) is 8.70. The molecule has 23 rings (SSSR count). The molecule has 667 valence electrons. The summed E-state index contributed by atoms with van der Waals surface area (Å²) in [4.78, 5) is 9.77. The van der Waals surface area contributed by atoms with Gasteiger partial charge in [0.15, 0.2) is 0 Å². The van der Waals surface area contributed by atoms with E-state index in [-0.39, 0.29) is 25.5 Å². The van der Waals surface area contributed by atoms with Crippen molar-refractivity contribution in [1.29, 1.82) is 0 Å². The van der Waals surface area contributed by atoms with Gasteiger partial charge in [0.25, 0.3) is 0 Å². The van der Waals surface area contributed by atoms with Crippen LogP contribution in [0.25, 0.3) is 188 Å². The second-order valence-corrected chi connectivity index (χ2v) is 37.8. The number of para-hydroxylation sites is 4. The van der Waals surface area contributed by atoms with Crippen molar-refractivity contribution in [2.24, 2.45) is 17.8 Å². The van der Waals surface area contributed by atoms with Crippen molar-refractivity contribution in [3.05, 3.63) is 371 Å². The molecule has 3 atom stereocenters. The SMILES string of the molecule is CCC(C)Cc1cc(C)c(-c2c[c-]c3c(n2)c2c(C)cccc2c2cc(C)nn32)c(C)c1.CCC(C)Cc1ccc(-c2ccc(-c3nnc(-c4ccc(C(C)(C)C)cc4)o3)cc2)cc1.CCC(C)Cc1ccc2oc3ccc(-c4cc(-n5c6ccccc6c6ccccc65)cc(-n5c6ccccc6c6ccccc65)c4)cc3c2c1.Cc1cc2c3cccc(C)c3c3ncc[c-]c3n2n1.[Ir]. The third-order valence-electron chi connectivity index (χ3n) is 27.2. The van der Waals surface area contributed by atoms with Crippen LogP contribution in [-0.4, -0.2) is 48.5 Å². The Hall–Kier alpha value is -14.2. The van der Waals surface area contributed by atoms with Crippen LogP contribution in [0.3, 0.4) is 0 Å². The standard InChI is InChI=1S/C47H36N2O.C29H30N3.C29H32N2O.C16H12N3.Ir/c1-3-30(2)24-31-20-22-46-40(25-31)41-28-32(21-23-47(41)50-46)33-26-34(48-42-16-8-4-12-36(42)37-13-5-9-17-43(37)48)29-35(27-33)49-44-18-10-6-14-38(44)39-15-7-11-19-45(39)49;1-7-17(2)13-22-14-19(4)27(20(5)15-22)24-11-12-25-29(30-24)28-18(3)9-8-10-23(28)26-16-21(6)31-32(25)26;1-6-20(2)19-21-7-9-22(10-8-21)23-11-13-24(14-12-23)27-30-31-28(32-27)25-15-17-26(18-16-25)29(3,4)5;1-10-5-3-6-12-14-9-11(2)18-19(14)13-7-4-8-17-16(13)15(10)12;/h4-23,25-30H,3,24H2,1-2H3;8-11,14-17H,7,13H2,1-6H3;7-18,20H,6,19H2,1-5H3;3-6,8-9H,1-2H3;/q;-1;;-1;. The van der Waals surface area contributed by atoms with E-state index in [1.54, 1.807) is 6.20 Å². The van der Waals surface area contributed by atoms with Gasteiger partial charge < -0.3 is 27.9 Å². The van der Waals surface area contributed by atoms with E-state index in [0.717, 1.165) is 126 Å². The summed E-state index contributed by atoms with van der Waals surface area (Å²) in [6.45, 7) is 33.1. The number of aryl methyl sites for hydroxylation is 6. The topological polar surface area (TPSA) is 122 Å². The number of aromatic nitrogens is 10. The van der Waals surface area contributed by atoms with E-state index in [1.165, 1.54) is 151 Å². The monoisotopic (exact) mass is 1930 g/mol. The minimum atomic E-state index is 0. The average molecular weight is 1930 g/mol. The Morgan fingerprint density at radius 1 is 0.358 bits per heavy atom. The largest absolute Gasteiger partial charge is 0.456 e. The zero-order chi connectivity index (χ0) is 91.6. The fourth-order valence-corrected chi connectivity index (χ4v) is 19.7. The Morgan fingerprint density at radius 3 is 1.29 bits per heavy atom. The fourth-order valence-electron chi connectivity index (χ4n) is 19.7. The van der Waals surface area contributed by atoms with Crippen LogP contribution >= 0.6 is 0 Å². The summed E-state index contributed by atoms with van der Waals surface area (Å²) in [5, 5.41) is 30.0. The minimum Gasteiger partial charge on any atom is -0.456 e. The molecule has 0 amide bonds. The molecule has 10 heterocycles. The number of furan rings is 1. The van der Waals surface area contributed by atoms with Gasteiger partial charge in [-0.1, -0.05) is 298 Å². The Bertz CT molecular complexity index is 8100. The maximum absolute atomic E-state index is 6.38. The zero-order valence-electron chi connectivity index (χ0n) is 79.0. The number of pyridine rings is 4. The molecule has 0 aliphatic rings. The molecule has 0 aliphatic carbocycles. The van der Waals surface area contributed by atoms with Crippen LogP contribution in [0, 0.1) is 71.4 Å². The number of benzene rings is 13. The first-order valence-electron chi connectivity index (χ1n) is 47.1. The minimum absolute atomic E-state index is 0. The Morgan fingerprint density at radius 2 is 0.784 bits per heavy atom. The summed E-state index contributed by atoms with van der Waals surface area (Å²) in [7, 11) is 0. The van der Waals surface area contributed by atoms with Gasteiger partial charge in [-0.25, -0.2) is 0 Å². The normalized spacial score (nSPS) is 12.5. The summed E-state index contributed by atoms with van der Waals surface area (Å²) >= 11 is 0. The van der Waals surface area contributed by atoms with E-state index in [0.29, 0.717) is 23.6 Å². The van der Waals surface area contributed by atoms with Gasteiger partial charge in [-0.15, -0.1) is 16.3 Å². The van der Waals surface area contributed by atoms with Gasteiger partial charge >= 0.3 is 0 Å². The molecule has 0 saturated heterocycles. The summed E-state index contributed by atoms with van der Waals surface area (Å²) in [6, 6.07) is 113. The van der Waals surface area contributed by atoms with Crippen LogP contribution in [0.5, 0.6) is 0 Å². The summed E-state index contributed by atoms with van der Waals surface area (Å²) in [5.74, 6) is 3.14. The van der Waals surface area contributed by atoms with E-state index in [2.05, 4.69) is 392 Å². The molecule has 0 aliphatic heterocycles. The molecule has 0 N–H and O–H groups in total. The molecule has 13 heteroatoms. The van der Waals surface area contributed by atoms with Crippen molar-refractivity contribution < 1.29 is 28.9 Å². The smallest absolute Gasteiger partial charge is 0.248 e. The van der Waals surface area contributed by atoms with Gasteiger partial charge in [0.05, 0.1) is 44.5 Å². The molecule has 23 aromatic rings. The van der Waals surface area contributed by atoms with Gasteiger partial charge in [0.1, 0.15) is 11.2 Å². The third kappa shape index (κ3) is 17.1. The second-order valence-electron chi connectivity index (χ2n) is 37.8. The number of nitrogens with zero attached hydrogens (tertiary/aromatic N) is 10. The maximum Gasteiger partial charge on any atom is 0.248 e. The van der Waals surface area contributed by atoms with Crippen LogP contribution in [0.2, 0.25) is 0 Å². The summed E-state index contributed by atoms with van der Waals surface area (Å²) in [5.41, 5.74) is 36.3. The first kappa shape index (κ1) is 89.0. The van der Waals surface area contributed by atoms with Crippen LogP contribution < -0.4 is 0 Å². The molecule has 0 spiro atoms. The quantitative estimate of drug-likeness (QED) is 0.0692. The number of fused-ring (bicyclic) bond motifs is 21. The molecule has 0 saturated carbocycles. The molecule has 0 bridgehead atoms. The molecular weight excluding hydrogens is 1820 g/mol. The predicted octanol–water partition coefficient (Wildman–Crippen LogP) is 31.8. The van der Waals surface area contributed by atoms with Crippen molar-refractivity contribution in [2.45, 2.75) is 148 Å². The van der Waals surface area contributed by atoms with Crippen LogP contribution in [0.15, 0.2) is 312 Å². The van der Waals surface area contributed by atoms with Gasteiger partial charge in [-0.05, 0) is 281 Å². The van der Waals surface area contributed by atoms with Crippen LogP contribution in [0.4, 0.5) is 0 Å². The van der Waals surface area contributed by atoms with Crippen molar-refractivity contribution in [3.63, 3.8) is 0 Å². The molecular formula is C121H110IrN10O2-2. The van der Waals surface area contributed by atoms with E-state index in [1.807, 2.05) is 59.3 Å². The number of rotatable bonds is 16. The maximum atomic E-state index is 6.38. The Labute approximate surface area is 796 Å². The van der Waals surface area contributed by atoms with Gasteiger partial charge in [-0.2, -0.15) is 28.4 Å². The number of hydrogen-bond acceptors (Lipinski definition) is 8. The zero-order valence-corrected chi connectivity index (χ0v) is 81.4. The van der Waals surface area contributed by atoms with E-state index < -0.39 is 0 Å². The molecule has 3 unspecified atom stereocenters. The molecule has 12 nitrogen and oxygen atoms in total. The molecule has 1 radical (unpaired) electrons. The van der Waals surface area contributed by atoms with E-state index >= 15 is 0 Å². The van der Waals surface area contributed by atoms with Crippen molar-refractivity contribution in [1.82, 2.24) is 48.5 Å². The Kier molecular flexibility index (Phi) is 24.6. The molecule has 13 aromatic carbocycles. The van der Waals surface area contributed by atoms with Crippen molar-refractivity contribution in [3.8, 4) is 67.8 Å². The fraction of sp³-hybridized carbons (Fsp3) is 0.207. The van der Waals surface area contributed by atoms with Crippen LogP contribution in [0.1, 0.15) is 137 Å². The predicted molar refractivity (Wildman–Crippen MR) is 554 cm³/mol. The van der Waals surface area contributed by atoms with Crippen molar-refractivity contribution in [2.75, 3.05) is 0 Å². The second kappa shape index (κ2) is 37.1. The van der Waals surface area contributed by atoms with Crippen LogP contribution in [-0.2, 0) is 44.8 Å². The van der Waals surface area contributed by atoms with Gasteiger partial charge in [-0.3, -0.25) is 9.03 Å². The molecule has 134 heavy (non-hydrogen) atoms. The molecule has 10 aromatic heterocycles. The van der Waals surface area contributed by atoms with E-state index in [9.17, 15) is 0 Å². The van der Waals surface area contributed by atoms with Gasteiger partial charge in [0, 0.05) is 74.9 Å². The van der Waals surface area contributed by atoms with Gasteiger partial charge in [0.2, 0.25) is 11.8 Å². The summed E-state index contributed by atoms with van der Waals surface area (Å²) < 4.78 is 21.1. The Balaban J connectivity index is 0.000000121. The average Bonchev–Trinajstić information content (AvgIpc) is 1.48. The van der Waals surface area contributed by atoms with E-state index in [4.69, 9.17) is 18.9 Å². The molecule has 0 fully saturated rings. The van der Waals surface area contributed by atoms with Crippen molar-refractivity contribution >= 4 is 120 Å². The third-order valence-corrected chi connectivity index (χ3v) is 27.2. The first-order valence-corrected chi connectivity index (χ1v) is 47.1. The first-order chi connectivity index (χ1) is 64.6.